The van der Waals surface area contributed by atoms with Crippen LogP contribution in [0, 0.1) is 5.41 Å². The third kappa shape index (κ3) is 0.818. The summed E-state index contributed by atoms with van der Waals surface area (Å²) in [5, 5.41) is 0. The van der Waals surface area contributed by atoms with E-state index in [2.05, 4.69) is 54.4 Å². The first-order valence-corrected chi connectivity index (χ1v) is 4.84. The standard InChI is InChI=1S/C13H11N/c1-10-5-6-12-13(8-10)7-3-2-4-11(13)9-14-12/h2-9H,1H3. The fourth-order valence-electron chi connectivity index (χ4n) is 2.23. The van der Waals surface area contributed by atoms with Gasteiger partial charge in [-0.1, -0.05) is 42.0 Å². The summed E-state index contributed by atoms with van der Waals surface area (Å²) in [5.74, 6) is 0. The maximum atomic E-state index is 4.45. The Hall–Kier alpha value is -1.63. The van der Waals surface area contributed by atoms with Crippen LogP contribution in [0.2, 0.25) is 0 Å². The van der Waals surface area contributed by atoms with Crippen LogP contribution in [0.1, 0.15) is 6.92 Å². The van der Waals surface area contributed by atoms with Crippen LogP contribution in [0.4, 0.5) is 0 Å². The van der Waals surface area contributed by atoms with Gasteiger partial charge in [0.05, 0.1) is 11.1 Å². The maximum Gasteiger partial charge on any atom is 0.0758 e. The number of hydrogen-bond acceptors (Lipinski definition) is 1. The molecule has 0 N–H and O–H groups in total. The van der Waals surface area contributed by atoms with Gasteiger partial charge in [0.25, 0.3) is 0 Å². The summed E-state index contributed by atoms with van der Waals surface area (Å²) in [6.45, 7) is 2.13. The van der Waals surface area contributed by atoms with Gasteiger partial charge in [-0.2, -0.15) is 0 Å². The number of aliphatic imine (C=N–C) groups is 1. The SMILES string of the molecule is CC1=CC23C=CC=CC2=CN=C3C=C1. The molecule has 0 aromatic rings. The minimum absolute atomic E-state index is 0.0480. The van der Waals surface area contributed by atoms with E-state index in [-0.39, 0.29) is 5.41 Å². The highest BCUT2D eigenvalue weighted by Gasteiger charge is 2.38. The van der Waals surface area contributed by atoms with E-state index >= 15 is 0 Å². The predicted octanol–water partition coefficient (Wildman–Crippen LogP) is 2.95. The average molecular weight is 181 g/mol. The fourth-order valence-corrected chi connectivity index (χ4v) is 2.23. The van der Waals surface area contributed by atoms with Crippen molar-refractivity contribution in [1.29, 1.82) is 0 Å². The molecule has 2 aliphatic carbocycles. The van der Waals surface area contributed by atoms with Crippen LogP contribution in [-0.2, 0) is 0 Å². The molecule has 1 atom stereocenters. The van der Waals surface area contributed by atoms with Crippen molar-refractivity contribution >= 4 is 5.71 Å². The zero-order chi connectivity index (χ0) is 9.60. The van der Waals surface area contributed by atoms with E-state index in [0.717, 1.165) is 5.71 Å². The summed E-state index contributed by atoms with van der Waals surface area (Å²) in [6.07, 6.45) is 17.0. The van der Waals surface area contributed by atoms with Gasteiger partial charge in [-0.3, -0.25) is 4.99 Å². The normalized spacial score (nSPS) is 31.9. The second-order valence-corrected chi connectivity index (χ2v) is 3.91. The Balaban J connectivity index is 2.23. The zero-order valence-electron chi connectivity index (χ0n) is 8.07. The molecule has 1 spiro atoms. The molecule has 0 saturated heterocycles. The Bertz CT molecular complexity index is 455. The Morgan fingerprint density at radius 3 is 3.00 bits per heavy atom. The van der Waals surface area contributed by atoms with E-state index in [9.17, 15) is 0 Å². The summed E-state index contributed by atoms with van der Waals surface area (Å²) >= 11 is 0. The van der Waals surface area contributed by atoms with E-state index in [0.29, 0.717) is 0 Å². The topological polar surface area (TPSA) is 12.4 Å². The van der Waals surface area contributed by atoms with E-state index in [1.165, 1.54) is 11.1 Å². The molecule has 1 aliphatic heterocycles. The molecule has 0 bridgehead atoms. The second-order valence-electron chi connectivity index (χ2n) is 3.91. The Morgan fingerprint density at radius 2 is 2.07 bits per heavy atom. The molecule has 1 unspecified atom stereocenters. The van der Waals surface area contributed by atoms with Crippen LogP contribution in [0.3, 0.4) is 0 Å². The number of nitrogens with zero attached hydrogens (tertiary/aromatic N) is 1. The summed E-state index contributed by atoms with van der Waals surface area (Å²) in [6, 6.07) is 0. The van der Waals surface area contributed by atoms with Gasteiger partial charge in [-0.05, 0) is 18.6 Å². The third-order valence-corrected chi connectivity index (χ3v) is 2.95. The quantitative estimate of drug-likeness (QED) is 0.545. The van der Waals surface area contributed by atoms with Crippen molar-refractivity contribution in [2.45, 2.75) is 6.92 Å². The number of allylic oxidation sites excluding steroid dienone is 9. The van der Waals surface area contributed by atoms with Crippen LogP contribution in [-0.4, -0.2) is 5.71 Å². The lowest BCUT2D eigenvalue weighted by molar-refractivity contribution is 0.836. The molecule has 3 aliphatic rings. The first-order chi connectivity index (χ1) is 6.81. The lowest BCUT2D eigenvalue weighted by atomic mass is 9.72. The van der Waals surface area contributed by atoms with Crippen LogP contribution >= 0.6 is 0 Å². The molecule has 0 amide bonds. The molecule has 1 heterocycles. The van der Waals surface area contributed by atoms with Crippen molar-refractivity contribution in [2.75, 3.05) is 0 Å². The van der Waals surface area contributed by atoms with Crippen LogP contribution in [0.15, 0.2) is 64.9 Å². The Kier molecular flexibility index (Phi) is 1.35. The van der Waals surface area contributed by atoms with Crippen molar-refractivity contribution in [3.8, 4) is 0 Å². The smallest absolute Gasteiger partial charge is 0.0758 e. The number of rotatable bonds is 0. The van der Waals surface area contributed by atoms with Crippen molar-refractivity contribution < 1.29 is 0 Å². The van der Waals surface area contributed by atoms with Gasteiger partial charge in [0.1, 0.15) is 0 Å². The van der Waals surface area contributed by atoms with Crippen molar-refractivity contribution in [2.24, 2.45) is 10.4 Å². The third-order valence-electron chi connectivity index (χ3n) is 2.95. The number of hydrogen-bond donors (Lipinski definition) is 0. The van der Waals surface area contributed by atoms with Gasteiger partial charge in [0.2, 0.25) is 0 Å². The largest absolute Gasteiger partial charge is 0.259 e. The van der Waals surface area contributed by atoms with E-state index in [1.807, 2.05) is 6.20 Å². The maximum absolute atomic E-state index is 4.45. The summed E-state index contributed by atoms with van der Waals surface area (Å²) < 4.78 is 0. The van der Waals surface area contributed by atoms with Gasteiger partial charge in [0.15, 0.2) is 0 Å². The molecular weight excluding hydrogens is 170 g/mol. The molecule has 0 aromatic carbocycles. The molecule has 3 rings (SSSR count). The fraction of sp³-hybridized carbons (Fsp3) is 0.154. The van der Waals surface area contributed by atoms with Crippen LogP contribution in [0.25, 0.3) is 0 Å². The predicted molar refractivity (Wildman–Crippen MR) is 59.1 cm³/mol. The summed E-state index contributed by atoms with van der Waals surface area (Å²) in [4.78, 5) is 4.45. The van der Waals surface area contributed by atoms with Crippen LogP contribution < -0.4 is 0 Å². The van der Waals surface area contributed by atoms with Gasteiger partial charge in [-0.15, -0.1) is 0 Å². The van der Waals surface area contributed by atoms with Gasteiger partial charge in [-0.25, -0.2) is 0 Å². The van der Waals surface area contributed by atoms with Gasteiger partial charge in [0, 0.05) is 6.20 Å². The van der Waals surface area contributed by atoms with E-state index in [4.69, 9.17) is 0 Å². The Morgan fingerprint density at radius 1 is 1.14 bits per heavy atom. The Labute approximate surface area is 83.5 Å². The molecular formula is C13H11N. The molecule has 0 fully saturated rings. The minimum Gasteiger partial charge on any atom is -0.259 e. The first kappa shape index (κ1) is 7.74. The highest BCUT2D eigenvalue weighted by atomic mass is 14.8. The lowest BCUT2D eigenvalue weighted by Crippen LogP contribution is -2.27. The van der Waals surface area contributed by atoms with Gasteiger partial charge >= 0.3 is 0 Å². The molecule has 14 heavy (non-hydrogen) atoms. The molecule has 68 valence electrons. The first-order valence-electron chi connectivity index (χ1n) is 4.84. The lowest BCUT2D eigenvalue weighted by Gasteiger charge is -2.29. The van der Waals surface area contributed by atoms with Crippen molar-refractivity contribution in [3.05, 3.63) is 59.9 Å². The van der Waals surface area contributed by atoms with Crippen LogP contribution in [0.5, 0.6) is 0 Å². The molecule has 1 heteroatoms. The minimum atomic E-state index is -0.0480. The summed E-state index contributed by atoms with van der Waals surface area (Å²) in [5.41, 5.74) is 3.67. The van der Waals surface area contributed by atoms with E-state index in [1.54, 1.807) is 0 Å². The van der Waals surface area contributed by atoms with Crippen molar-refractivity contribution in [3.63, 3.8) is 0 Å². The van der Waals surface area contributed by atoms with E-state index < -0.39 is 0 Å². The monoisotopic (exact) mass is 181 g/mol. The molecule has 0 aromatic heterocycles. The summed E-state index contributed by atoms with van der Waals surface area (Å²) in [7, 11) is 0. The molecule has 0 saturated carbocycles. The zero-order valence-corrected chi connectivity index (χ0v) is 8.07. The highest BCUT2D eigenvalue weighted by molar-refractivity contribution is 6.09. The van der Waals surface area contributed by atoms with Crippen molar-refractivity contribution in [1.82, 2.24) is 0 Å². The van der Waals surface area contributed by atoms with Gasteiger partial charge < -0.3 is 0 Å². The highest BCUT2D eigenvalue weighted by Crippen LogP contribution is 2.43. The molecule has 1 nitrogen and oxygen atoms in total. The average Bonchev–Trinajstić information content (AvgIpc) is 2.55. The molecule has 0 radical (unpaired) electrons. The second kappa shape index (κ2) is 2.44.